The van der Waals surface area contributed by atoms with Crippen LogP contribution in [0.5, 0.6) is 0 Å². The van der Waals surface area contributed by atoms with Crippen LogP contribution < -0.4 is 4.90 Å². The van der Waals surface area contributed by atoms with Crippen molar-refractivity contribution in [1.29, 1.82) is 0 Å². The molecule has 1 fully saturated rings. The lowest BCUT2D eigenvalue weighted by Gasteiger charge is -2.34. The number of halogens is 3. The molecule has 2 aliphatic heterocycles. The number of anilines is 1. The molecule has 1 saturated heterocycles. The lowest BCUT2D eigenvalue weighted by molar-refractivity contribution is 0.0985. The minimum atomic E-state index is -0.0508. The van der Waals surface area contributed by atoms with Crippen molar-refractivity contribution in [1.82, 2.24) is 9.88 Å². The van der Waals surface area contributed by atoms with E-state index in [0.29, 0.717) is 28.2 Å². The highest BCUT2D eigenvalue weighted by Gasteiger charge is 2.38. The van der Waals surface area contributed by atoms with Crippen molar-refractivity contribution in [3.8, 4) is 0 Å². The maximum absolute atomic E-state index is 13.4. The molecular weight excluding hydrogens is 501 g/mol. The number of benzene rings is 2. The average molecular weight is 527 g/mol. The van der Waals surface area contributed by atoms with Crippen LogP contribution in [0.25, 0.3) is 6.08 Å². The first kappa shape index (κ1) is 24.3. The summed E-state index contributed by atoms with van der Waals surface area (Å²) in [5, 5.41) is 1.78. The molecule has 1 atom stereocenters. The van der Waals surface area contributed by atoms with Crippen LogP contribution in [0.3, 0.4) is 0 Å². The number of carbonyl (C=O) groups is 1. The van der Waals surface area contributed by atoms with Crippen molar-refractivity contribution in [2.24, 2.45) is 5.92 Å². The Labute approximate surface area is 221 Å². The summed E-state index contributed by atoms with van der Waals surface area (Å²) in [4.78, 5) is 21.7. The molecule has 0 bridgehead atoms. The van der Waals surface area contributed by atoms with Crippen LogP contribution in [-0.4, -0.2) is 42.0 Å². The van der Waals surface area contributed by atoms with E-state index in [4.69, 9.17) is 34.8 Å². The van der Waals surface area contributed by atoms with Gasteiger partial charge in [-0.15, -0.1) is 0 Å². The number of nitrogens with zero attached hydrogens (tertiary/aromatic N) is 3. The molecule has 1 aromatic heterocycles. The molecule has 7 heteroatoms. The highest BCUT2D eigenvalue weighted by Crippen LogP contribution is 2.45. The largest absolute Gasteiger partial charge is 0.307 e. The van der Waals surface area contributed by atoms with Gasteiger partial charge in [-0.3, -0.25) is 9.69 Å². The van der Waals surface area contributed by atoms with Gasteiger partial charge in [-0.25, -0.2) is 4.98 Å². The van der Waals surface area contributed by atoms with E-state index in [-0.39, 0.29) is 11.8 Å². The summed E-state index contributed by atoms with van der Waals surface area (Å²) in [7, 11) is 0. The maximum atomic E-state index is 13.4. The van der Waals surface area contributed by atoms with Gasteiger partial charge in [-0.1, -0.05) is 59.1 Å². The molecule has 0 spiro atoms. The van der Waals surface area contributed by atoms with Gasteiger partial charge in [0.1, 0.15) is 5.15 Å². The first-order valence-corrected chi connectivity index (χ1v) is 13.0. The second kappa shape index (κ2) is 10.7. The number of hydrogen-bond acceptors (Lipinski definition) is 3. The van der Waals surface area contributed by atoms with Gasteiger partial charge in [-0.2, -0.15) is 0 Å². The van der Waals surface area contributed by atoms with E-state index in [1.165, 1.54) is 5.56 Å². The molecule has 0 aliphatic carbocycles. The van der Waals surface area contributed by atoms with Crippen molar-refractivity contribution in [2.45, 2.75) is 18.8 Å². The normalized spacial score (nSPS) is 18.8. The topological polar surface area (TPSA) is 36.4 Å². The Morgan fingerprint density at radius 2 is 1.71 bits per heavy atom. The van der Waals surface area contributed by atoms with Crippen LogP contribution in [0.4, 0.5) is 5.69 Å². The van der Waals surface area contributed by atoms with Crippen molar-refractivity contribution >= 4 is 52.5 Å². The summed E-state index contributed by atoms with van der Waals surface area (Å²) in [6.07, 6.45) is 8.12. The summed E-state index contributed by atoms with van der Waals surface area (Å²) in [5.74, 6) is 0.726. The van der Waals surface area contributed by atoms with E-state index in [2.05, 4.69) is 22.0 Å². The van der Waals surface area contributed by atoms with Crippen molar-refractivity contribution in [2.75, 3.05) is 31.1 Å². The first-order valence-electron chi connectivity index (χ1n) is 11.9. The first-order chi connectivity index (χ1) is 17.0. The molecule has 3 heterocycles. The second-order valence-corrected chi connectivity index (χ2v) is 10.4. The van der Waals surface area contributed by atoms with Gasteiger partial charge in [0.05, 0.1) is 0 Å². The number of amides is 1. The number of carbonyl (C=O) groups excluding carboxylic acids is 1. The van der Waals surface area contributed by atoms with E-state index in [1.807, 2.05) is 47.4 Å². The van der Waals surface area contributed by atoms with Gasteiger partial charge in [0.2, 0.25) is 0 Å². The number of fused-ring (bicyclic) bond motifs is 1. The Hall–Kier alpha value is -2.37. The van der Waals surface area contributed by atoms with Crippen molar-refractivity contribution in [3.05, 3.63) is 98.8 Å². The fourth-order valence-electron chi connectivity index (χ4n) is 5.20. The van der Waals surface area contributed by atoms with Crippen LogP contribution in [-0.2, 0) is 0 Å². The number of hydrogen-bond donors (Lipinski definition) is 0. The van der Waals surface area contributed by atoms with Gasteiger partial charge in [-0.05, 0) is 85.4 Å². The van der Waals surface area contributed by atoms with Gasteiger partial charge >= 0.3 is 0 Å². The number of aromatic nitrogens is 1. The van der Waals surface area contributed by atoms with Gasteiger partial charge in [0.15, 0.2) is 0 Å². The Balaban J connectivity index is 1.25. The van der Waals surface area contributed by atoms with Gasteiger partial charge in [0, 0.05) is 46.5 Å². The maximum Gasteiger partial charge on any atom is 0.258 e. The fourth-order valence-corrected chi connectivity index (χ4v) is 5.68. The summed E-state index contributed by atoms with van der Waals surface area (Å²) in [6, 6.07) is 17.1. The predicted molar refractivity (Wildman–Crippen MR) is 145 cm³/mol. The summed E-state index contributed by atoms with van der Waals surface area (Å²) in [6.45, 7) is 3.66. The van der Waals surface area contributed by atoms with Crippen LogP contribution in [0.2, 0.25) is 15.2 Å². The second-order valence-electron chi connectivity index (χ2n) is 9.18. The third kappa shape index (κ3) is 5.57. The number of rotatable bonds is 5. The van der Waals surface area contributed by atoms with E-state index < -0.39 is 0 Å². The Bertz CT molecular complexity index is 1240. The molecule has 1 unspecified atom stereocenters. The quantitative estimate of drug-likeness (QED) is 0.330. The number of likely N-dealkylation sites (tertiary alicyclic amines) is 1. The zero-order valence-corrected chi connectivity index (χ0v) is 21.5. The summed E-state index contributed by atoms with van der Waals surface area (Å²) >= 11 is 18.4. The number of pyridine rings is 1. The van der Waals surface area contributed by atoms with Crippen molar-refractivity contribution in [3.63, 3.8) is 0 Å². The molecule has 0 N–H and O–H groups in total. The lowest BCUT2D eigenvalue weighted by Crippen LogP contribution is -2.37. The summed E-state index contributed by atoms with van der Waals surface area (Å²) in [5.41, 5.74) is 3.83. The minimum Gasteiger partial charge on any atom is -0.307 e. The molecule has 1 amide bonds. The van der Waals surface area contributed by atoms with Crippen LogP contribution >= 0.6 is 34.8 Å². The zero-order valence-electron chi connectivity index (χ0n) is 19.2. The standard InChI is InChI=1S/C28H26Cl3N3O/c29-22-5-3-19(4-6-22)2-1-13-33-14-10-20(11-15-33)25-18-34(26-8-7-23(30)17-24(25)26)28(35)21-9-12-32-27(31)16-21/h1-9,12,16-17,20,25H,10-11,13-15,18H2. The smallest absolute Gasteiger partial charge is 0.258 e. The molecule has 0 saturated carbocycles. The highest BCUT2D eigenvalue weighted by atomic mass is 35.5. The molecule has 3 aromatic rings. The highest BCUT2D eigenvalue weighted by molar-refractivity contribution is 6.31. The average Bonchev–Trinajstić information content (AvgIpc) is 3.24. The molecule has 2 aromatic carbocycles. The van der Waals surface area contributed by atoms with Crippen molar-refractivity contribution < 1.29 is 4.79 Å². The Morgan fingerprint density at radius 1 is 0.971 bits per heavy atom. The van der Waals surface area contributed by atoms with Gasteiger partial charge in [0.25, 0.3) is 5.91 Å². The SMILES string of the molecule is O=C(c1ccnc(Cl)c1)N1CC(C2CCN(CC=Cc3ccc(Cl)cc3)CC2)c2cc(Cl)ccc21. The fraction of sp³-hybridized carbons (Fsp3) is 0.286. The molecule has 2 aliphatic rings. The minimum absolute atomic E-state index is 0.0508. The molecular formula is C28H26Cl3N3O. The molecule has 0 radical (unpaired) electrons. The molecule has 4 nitrogen and oxygen atoms in total. The predicted octanol–water partition coefficient (Wildman–Crippen LogP) is 7.21. The van der Waals surface area contributed by atoms with E-state index >= 15 is 0 Å². The van der Waals surface area contributed by atoms with E-state index in [9.17, 15) is 4.79 Å². The molecule has 180 valence electrons. The van der Waals surface area contributed by atoms with Crippen LogP contribution in [0, 0.1) is 5.92 Å². The summed E-state index contributed by atoms with van der Waals surface area (Å²) < 4.78 is 0. The number of piperidine rings is 1. The van der Waals surface area contributed by atoms with Crippen LogP contribution in [0.1, 0.15) is 40.2 Å². The molecule has 35 heavy (non-hydrogen) atoms. The van der Waals surface area contributed by atoms with Gasteiger partial charge < -0.3 is 4.90 Å². The third-order valence-electron chi connectivity index (χ3n) is 7.02. The lowest BCUT2D eigenvalue weighted by atomic mass is 9.81. The van der Waals surface area contributed by atoms with Crippen LogP contribution in [0.15, 0.2) is 66.9 Å². The Kier molecular flexibility index (Phi) is 7.45. The van der Waals surface area contributed by atoms with E-state index in [0.717, 1.165) is 48.7 Å². The zero-order chi connectivity index (χ0) is 24.4. The third-order valence-corrected chi connectivity index (χ3v) is 7.72. The monoisotopic (exact) mass is 525 g/mol. The molecule has 5 rings (SSSR count). The van der Waals surface area contributed by atoms with E-state index in [1.54, 1.807) is 18.3 Å². The Morgan fingerprint density at radius 3 is 2.46 bits per heavy atom.